The lowest BCUT2D eigenvalue weighted by Gasteiger charge is -2.15. The van der Waals surface area contributed by atoms with Crippen LogP contribution in [0.2, 0.25) is 5.15 Å². The van der Waals surface area contributed by atoms with E-state index in [1.165, 1.54) is 25.9 Å². The van der Waals surface area contributed by atoms with Gasteiger partial charge in [0.05, 0.1) is 4.91 Å². The van der Waals surface area contributed by atoms with Gasteiger partial charge in [-0.2, -0.15) is 0 Å². The van der Waals surface area contributed by atoms with Crippen LogP contribution in [0, 0.1) is 0 Å². The quantitative estimate of drug-likeness (QED) is 0.152. The maximum Gasteiger partial charge on any atom is 0.293 e. The molecule has 1 aromatic heterocycles. The number of likely N-dealkylation sites (N-methyl/N-ethyl adjacent to an activating group) is 1. The average Bonchev–Trinajstić information content (AvgIpc) is 2.99. The number of imide groups is 1. The Morgan fingerprint density at radius 2 is 2.03 bits per heavy atom. The first-order valence-corrected chi connectivity index (χ1v) is 11.9. The van der Waals surface area contributed by atoms with Crippen molar-refractivity contribution in [1.82, 2.24) is 14.9 Å². The molecular weight excluding hydrogens is 530 g/mol. The maximum absolute atomic E-state index is 12.2. The molecule has 12 heteroatoms. The number of rotatable bonds is 8. The van der Waals surface area contributed by atoms with E-state index in [1.807, 2.05) is 6.26 Å². The number of methoxy groups -OCH3 is 1. The molecule has 0 N–H and O–H groups in total. The molecule has 0 atom stereocenters. The van der Waals surface area contributed by atoms with Crippen molar-refractivity contribution in [3.8, 4) is 11.5 Å². The van der Waals surface area contributed by atoms with Crippen LogP contribution >= 0.6 is 51.1 Å². The Hall–Kier alpha value is -1.79. The third kappa shape index (κ3) is 5.72. The van der Waals surface area contributed by atoms with Gasteiger partial charge in [0.25, 0.3) is 11.1 Å². The molecule has 2 amide bonds. The molecule has 0 saturated carbocycles. The Labute approximate surface area is 200 Å². The Morgan fingerprint density at radius 3 is 2.65 bits per heavy atom. The summed E-state index contributed by atoms with van der Waals surface area (Å²) in [6.07, 6.45) is 5.08. The van der Waals surface area contributed by atoms with E-state index in [9.17, 15) is 9.59 Å². The topological polar surface area (TPSA) is 90.9 Å². The van der Waals surface area contributed by atoms with E-state index >= 15 is 0 Å². The lowest BCUT2D eigenvalue weighted by atomic mass is 10.2. The number of hydrogen-bond acceptors (Lipinski definition) is 9. The molecule has 0 unspecified atom stereocenters. The lowest BCUT2D eigenvalue weighted by molar-refractivity contribution is -0.121. The van der Waals surface area contributed by atoms with Gasteiger partial charge in [-0.1, -0.05) is 39.3 Å². The van der Waals surface area contributed by atoms with Crippen LogP contribution in [-0.2, 0) is 16.1 Å². The first-order chi connectivity index (χ1) is 14.8. The molecule has 1 aliphatic heterocycles. The summed E-state index contributed by atoms with van der Waals surface area (Å²) in [6, 6.07) is 3.40. The van der Waals surface area contributed by atoms with Crippen molar-refractivity contribution < 1.29 is 23.8 Å². The van der Waals surface area contributed by atoms with E-state index in [0.29, 0.717) is 42.3 Å². The normalized spacial score (nSPS) is 15.1. The van der Waals surface area contributed by atoms with Gasteiger partial charge in [0.2, 0.25) is 0 Å². The zero-order valence-electron chi connectivity index (χ0n) is 16.7. The number of benzene rings is 1. The van der Waals surface area contributed by atoms with E-state index in [-0.39, 0.29) is 24.5 Å². The maximum atomic E-state index is 12.2. The summed E-state index contributed by atoms with van der Waals surface area (Å²) in [5.41, 5.74) is 1.24. The predicted molar refractivity (Wildman–Crippen MR) is 124 cm³/mol. The highest BCUT2D eigenvalue weighted by Crippen LogP contribution is 2.38. The van der Waals surface area contributed by atoms with Gasteiger partial charge in [-0.15, -0.1) is 0 Å². The number of aromatic nitrogens is 2. The molecule has 164 valence electrons. The number of carbonyl (C=O) groups excluding carboxylic acids is 2. The summed E-state index contributed by atoms with van der Waals surface area (Å²) in [6.45, 7) is 0.118. The molecule has 31 heavy (non-hydrogen) atoms. The smallest absolute Gasteiger partial charge is 0.293 e. The molecule has 2 heterocycles. The van der Waals surface area contributed by atoms with Crippen LogP contribution in [0.5, 0.6) is 11.5 Å². The number of nitrogens with zero attached hydrogens (tertiary/aromatic N) is 3. The highest BCUT2D eigenvalue weighted by Gasteiger charge is 2.32. The summed E-state index contributed by atoms with van der Waals surface area (Å²) in [4.78, 5) is 33.8. The monoisotopic (exact) mass is 545 g/mol. The summed E-state index contributed by atoms with van der Waals surface area (Å²) in [7, 11) is 2.95. The van der Waals surface area contributed by atoms with Gasteiger partial charge in [-0.3, -0.25) is 14.5 Å². The molecule has 0 aliphatic carbocycles. The van der Waals surface area contributed by atoms with Crippen molar-refractivity contribution in [3.05, 3.63) is 44.0 Å². The molecule has 0 radical (unpaired) electrons. The van der Waals surface area contributed by atoms with Crippen LogP contribution in [0.3, 0.4) is 0 Å². The third-order valence-electron chi connectivity index (χ3n) is 4.02. The molecule has 1 saturated heterocycles. The minimum atomic E-state index is -0.359. The molecular formula is C19H17BrClN3O5S2. The van der Waals surface area contributed by atoms with Crippen LogP contribution in [0.4, 0.5) is 4.79 Å². The standard InChI is InChI=1S/C19H17BrClN3O5S2/c1-24-17(25)15(31-19(24)26)5-10-4-13(14(6-12(10)20)29-9-27-2)28-8-11-7-22-18(30-3)23-16(11)21/h4-7H,8-9H2,1-3H3/b15-5-. The lowest BCUT2D eigenvalue weighted by Crippen LogP contribution is -2.22. The Kier molecular flexibility index (Phi) is 8.23. The molecule has 3 rings (SSSR count). The molecule has 1 aliphatic rings. The fraction of sp³-hybridized carbons (Fsp3) is 0.263. The van der Waals surface area contributed by atoms with Gasteiger partial charge in [-0.25, -0.2) is 9.97 Å². The Balaban J connectivity index is 1.91. The van der Waals surface area contributed by atoms with Gasteiger partial charge in [0.15, 0.2) is 23.4 Å². The SMILES string of the molecule is COCOc1cc(Br)c(/C=C2\SC(=O)N(C)C2=O)cc1OCc1cnc(SC)nc1Cl. The van der Waals surface area contributed by atoms with Gasteiger partial charge < -0.3 is 14.2 Å². The number of carbonyl (C=O) groups is 2. The zero-order chi connectivity index (χ0) is 22.5. The molecule has 2 aromatic rings. The van der Waals surface area contributed by atoms with Crippen molar-refractivity contribution in [2.45, 2.75) is 11.8 Å². The van der Waals surface area contributed by atoms with Crippen molar-refractivity contribution in [2.75, 3.05) is 27.2 Å². The number of hydrogen-bond donors (Lipinski definition) is 0. The van der Waals surface area contributed by atoms with Crippen molar-refractivity contribution >= 4 is 68.3 Å². The Bertz CT molecular complexity index is 1050. The van der Waals surface area contributed by atoms with Crippen molar-refractivity contribution in [2.24, 2.45) is 0 Å². The molecule has 0 bridgehead atoms. The van der Waals surface area contributed by atoms with Crippen LogP contribution < -0.4 is 9.47 Å². The van der Waals surface area contributed by atoms with E-state index in [2.05, 4.69) is 25.9 Å². The van der Waals surface area contributed by atoms with Crippen molar-refractivity contribution in [1.29, 1.82) is 0 Å². The minimum absolute atomic E-state index is 0.0170. The van der Waals surface area contributed by atoms with E-state index < -0.39 is 0 Å². The van der Waals surface area contributed by atoms with E-state index in [1.54, 1.807) is 24.4 Å². The summed E-state index contributed by atoms with van der Waals surface area (Å²) in [5, 5.41) is 0.536. The molecule has 0 spiro atoms. The summed E-state index contributed by atoms with van der Waals surface area (Å²) < 4.78 is 17.2. The van der Waals surface area contributed by atoms with E-state index in [4.69, 9.17) is 25.8 Å². The first kappa shape index (κ1) is 23.9. The summed E-state index contributed by atoms with van der Waals surface area (Å²) >= 11 is 12.0. The highest BCUT2D eigenvalue weighted by molar-refractivity contribution is 9.10. The second kappa shape index (κ2) is 10.7. The van der Waals surface area contributed by atoms with Crippen LogP contribution in [0.25, 0.3) is 6.08 Å². The fourth-order valence-electron chi connectivity index (χ4n) is 2.42. The van der Waals surface area contributed by atoms with Crippen LogP contribution in [0.15, 0.2) is 32.9 Å². The molecule has 1 fully saturated rings. The second-order valence-electron chi connectivity index (χ2n) is 6.07. The fourth-order valence-corrected chi connectivity index (χ4v) is 4.25. The number of ether oxygens (including phenoxy) is 3. The van der Waals surface area contributed by atoms with Crippen LogP contribution in [-0.4, -0.2) is 53.2 Å². The largest absolute Gasteiger partial charge is 0.485 e. The molecule has 8 nitrogen and oxygen atoms in total. The van der Waals surface area contributed by atoms with Gasteiger partial charge in [-0.05, 0) is 41.8 Å². The average molecular weight is 547 g/mol. The molecule has 1 aromatic carbocycles. The van der Waals surface area contributed by atoms with Gasteiger partial charge >= 0.3 is 0 Å². The van der Waals surface area contributed by atoms with Gasteiger partial charge in [0, 0.05) is 30.4 Å². The van der Waals surface area contributed by atoms with E-state index in [0.717, 1.165) is 16.7 Å². The third-order valence-corrected chi connectivity index (χ3v) is 6.56. The van der Waals surface area contributed by atoms with Crippen LogP contribution in [0.1, 0.15) is 11.1 Å². The zero-order valence-corrected chi connectivity index (χ0v) is 20.7. The first-order valence-electron chi connectivity index (χ1n) is 8.69. The minimum Gasteiger partial charge on any atom is -0.485 e. The number of amides is 2. The summed E-state index contributed by atoms with van der Waals surface area (Å²) in [5.74, 6) is 0.460. The van der Waals surface area contributed by atoms with Gasteiger partial charge in [0.1, 0.15) is 11.8 Å². The highest BCUT2D eigenvalue weighted by atomic mass is 79.9. The Morgan fingerprint density at radius 1 is 1.29 bits per heavy atom. The second-order valence-corrected chi connectivity index (χ2v) is 9.05. The number of thioether (sulfide) groups is 2. The van der Waals surface area contributed by atoms with Crippen molar-refractivity contribution in [3.63, 3.8) is 0 Å². The number of halogens is 2. The predicted octanol–water partition coefficient (Wildman–Crippen LogP) is 4.84.